The van der Waals surface area contributed by atoms with Crippen LogP contribution in [0, 0.1) is 6.92 Å². The van der Waals surface area contributed by atoms with Gasteiger partial charge in [-0.1, -0.05) is 18.2 Å². The Hall–Kier alpha value is -3.22. The number of carbonyl (C=O) groups is 2. The molecule has 25 heavy (non-hydrogen) atoms. The molecule has 2 heterocycles. The molecule has 7 heteroatoms. The van der Waals surface area contributed by atoms with E-state index in [0.717, 1.165) is 5.69 Å². The van der Waals surface area contributed by atoms with Gasteiger partial charge in [-0.2, -0.15) is 5.10 Å². The minimum atomic E-state index is -0.608. The highest BCUT2D eigenvalue weighted by Gasteiger charge is 2.22. The molecular formula is C18H18N4O3. The zero-order valence-electron chi connectivity index (χ0n) is 14.0. The SMILES string of the molecule is CCN(C(=O)COC(=O)c1c(C)nn2cccnc12)c1ccccc1. The number of aromatic nitrogens is 3. The van der Waals surface area contributed by atoms with Crippen LogP contribution >= 0.6 is 0 Å². The molecule has 0 fully saturated rings. The van der Waals surface area contributed by atoms with Gasteiger partial charge in [-0.05, 0) is 32.0 Å². The van der Waals surface area contributed by atoms with Crippen LogP contribution in [0.3, 0.4) is 0 Å². The Bertz CT molecular complexity index is 905. The lowest BCUT2D eigenvalue weighted by Gasteiger charge is -2.20. The molecule has 0 spiro atoms. The number of hydrogen-bond acceptors (Lipinski definition) is 5. The number of benzene rings is 1. The molecule has 0 bridgehead atoms. The molecule has 0 unspecified atom stereocenters. The molecule has 3 aromatic rings. The van der Waals surface area contributed by atoms with Crippen molar-refractivity contribution in [2.45, 2.75) is 13.8 Å². The molecule has 128 valence electrons. The van der Waals surface area contributed by atoms with Gasteiger partial charge in [0, 0.05) is 24.6 Å². The monoisotopic (exact) mass is 338 g/mol. The first-order valence-electron chi connectivity index (χ1n) is 7.94. The van der Waals surface area contributed by atoms with Crippen molar-refractivity contribution < 1.29 is 14.3 Å². The number of para-hydroxylation sites is 1. The minimum Gasteiger partial charge on any atom is -0.452 e. The van der Waals surface area contributed by atoms with Gasteiger partial charge in [-0.3, -0.25) is 4.79 Å². The summed E-state index contributed by atoms with van der Waals surface area (Å²) in [5.74, 6) is -0.896. The molecule has 0 saturated carbocycles. The van der Waals surface area contributed by atoms with Crippen LogP contribution in [0.1, 0.15) is 23.0 Å². The van der Waals surface area contributed by atoms with Crippen LogP contribution in [0.15, 0.2) is 48.8 Å². The molecule has 0 radical (unpaired) electrons. The van der Waals surface area contributed by atoms with Crippen LogP contribution in [-0.4, -0.2) is 39.6 Å². The summed E-state index contributed by atoms with van der Waals surface area (Å²) >= 11 is 0. The first kappa shape index (κ1) is 16.6. The Kier molecular flexibility index (Phi) is 4.74. The van der Waals surface area contributed by atoms with Crippen LogP contribution in [-0.2, 0) is 9.53 Å². The lowest BCUT2D eigenvalue weighted by Crippen LogP contribution is -2.34. The molecule has 7 nitrogen and oxygen atoms in total. The first-order valence-corrected chi connectivity index (χ1v) is 7.94. The normalized spacial score (nSPS) is 10.6. The summed E-state index contributed by atoms with van der Waals surface area (Å²) in [6.07, 6.45) is 3.28. The van der Waals surface area contributed by atoms with E-state index in [4.69, 9.17) is 4.74 Å². The van der Waals surface area contributed by atoms with E-state index in [1.165, 1.54) is 4.52 Å². The molecule has 0 N–H and O–H groups in total. The highest BCUT2D eigenvalue weighted by atomic mass is 16.5. The van der Waals surface area contributed by atoms with Gasteiger partial charge in [0.1, 0.15) is 5.56 Å². The lowest BCUT2D eigenvalue weighted by molar-refractivity contribution is -0.121. The molecule has 2 aromatic heterocycles. The second kappa shape index (κ2) is 7.12. The predicted molar refractivity (Wildman–Crippen MR) is 92.5 cm³/mol. The molecule has 1 aromatic carbocycles. The third kappa shape index (κ3) is 3.35. The van der Waals surface area contributed by atoms with Crippen LogP contribution in [0.4, 0.5) is 5.69 Å². The van der Waals surface area contributed by atoms with Crippen LogP contribution in [0.25, 0.3) is 5.65 Å². The Morgan fingerprint density at radius 2 is 1.96 bits per heavy atom. The van der Waals surface area contributed by atoms with Crippen molar-refractivity contribution in [3.05, 3.63) is 60.0 Å². The number of ether oxygens (including phenoxy) is 1. The number of esters is 1. The maximum atomic E-state index is 12.4. The van der Waals surface area contributed by atoms with Crippen LogP contribution in [0.2, 0.25) is 0 Å². The van der Waals surface area contributed by atoms with Crippen molar-refractivity contribution in [2.24, 2.45) is 0 Å². The van der Waals surface area contributed by atoms with Crippen molar-refractivity contribution in [3.8, 4) is 0 Å². The number of rotatable bonds is 5. The highest BCUT2D eigenvalue weighted by Crippen LogP contribution is 2.16. The number of fused-ring (bicyclic) bond motifs is 1. The Morgan fingerprint density at radius 1 is 1.20 bits per heavy atom. The van der Waals surface area contributed by atoms with Crippen molar-refractivity contribution >= 4 is 23.2 Å². The number of hydrogen-bond donors (Lipinski definition) is 0. The minimum absolute atomic E-state index is 0.274. The lowest BCUT2D eigenvalue weighted by atomic mass is 10.2. The average Bonchev–Trinajstić information content (AvgIpc) is 2.97. The fraction of sp³-hybridized carbons (Fsp3) is 0.222. The standard InChI is InChI=1S/C18H18N4O3/c1-3-21(14-8-5-4-6-9-14)15(23)12-25-18(24)16-13(2)20-22-11-7-10-19-17(16)22/h4-11H,3,12H2,1-2H3. The summed E-state index contributed by atoms with van der Waals surface area (Å²) in [7, 11) is 0. The van der Waals surface area contributed by atoms with Crippen LogP contribution < -0.4 is 4.90 Å². The smallest absolute Gasteiger partial charge is 0.344 e. The number of carbonyl (C=O) groups excluding carboxylic acids is 2. The molecule has 1 amide bonds. The fourth-order valence-electron chi connectivity index (χ4n) is 2.62. The highest BCUT2D eigenvalue weighted by molar-refractivity contribution is 6.00. The van der Waals surface area contributed by atoms with E-state index in [1.807, 2.05) is 37.3 Å². The van der Waals surface area contributed by atoms with Gasteiger partial charge in [0.05, 0.1) is 5.69 Å². The van der Waals surface area contributed by atoms with Gasteiger partial charge in [-0.25, -0.2) is 14.3 Å². The summed E-state index contributed by atoms with van der Waals surface area (Å²) in [5.41, 5.74) is 1.95. The Morgan fingerprint density at radius 3 is 2.68 bits per heavy atom. The van der Waals surface area contributed by atoms with Gasteiger partial charge in [-0.15, -0.1) is 0 Å². The Labute approximate surface area is 144 Å². The van der Waals surface area contributed by atoms with Crippen molar-refractivity contribution in [3.63, 3.8) is 0 Å². The summed E-state index contributed by atoms with van der Waals surface area (Å²) < 4.78 is 6.73. The summed E-state index contributed by atoms with van der Waals surface area (Å²) in [5, 5.41) is 4.22. The van der Waals surface area contributed by atoms with E-state index in [9.17, 15) is 9.59 Å². The quantitative estimate of drug-likeness (QED) is 0.667. The first-order chi connectivity index (χ1) is 12.1. The number of nitrogens with zero attached hydrogens (tertiary/aromatic N) is 4. The van der Waals surface area contributed by atoms with Gasteiger partial charge in [0.25, 0.3) is 5.91 Å². The zero-order valence-corrected chi connectivity index (χ0v) is 14.0. The van der Waals surface area contributed by atoms with E-state index in [2.05, 4.69) is 10.1 Å². The topological polar surface area (TPSA) is 76.8 Å². The van der Waals surface area contributed by atoms with Crippen molar-refractivity contribution in [2.75, 3.05) is 18.1 Å². The molecule has 0 aliphatic rings. The fourth-order valence-corrected chi connectivity index (χ4v) is 2.62. The molecule has 3 rings (SSSR count). The van der Waals surface area contributed by atoms with Gasteiger partial charge in [0.2, 0.25) is 0 Å². The summed E-state index contributed by atoms with van der Waals surface area (Å²) in [4.78, 5) is 30.5. The number of amides is 1. The summed E-state index contributed by atoms with van der Waals surface area (Å²) in [6.45, 7) is 3.71. The van der Waals surface area contributed by atoms with E-state index in [1.54, 1.807) is 30.3 Å². The average molecular weight is 338 g/mol. The van der Waals surface area contributed by atoms with Crippen molar-refractivity contribution in [1.29, 1.82) is 0 Å². The Balaban J connectivity index is 1.73. The van der Waals surface area contributed by atoms with E-state index < -0.39 is 5.97 Å². The van der Waals surface area contributed by atoms with Gasteiger partial charge < -0.3 is 9.64 Å². The second-order valence-electron chi connectivity index (χ2n) is 5.40. The summed E-state index contributed by atoms with van der Waals surface area (Å²) in [6, 6.07) is 11.0. The van der Waals surface area contributed by atoms with Crippen molar-refractivity contribution in [1.82, 2.24) is 14.6 Å². The molecular weight excluding hydrogens is 320 g/mol. The van der Waals surface area contributed by atoms with Gasteiger partial charge in [0.15, 0.2) is 12.3 Å². The van der Waals surface area contributed by atoms with E-state index in [-0.39, 0.29) is 18.1 Å². The number of likely N-dealkylation sites (N-methyl/N-ethyl adjacent to an activating group) is 1. The number of aryl methyl sites for hydroxylation is 1. The van der Waals surface area contributed by atoms with E-state index in [0.29, 0.717) is 17.9 Å². The maximum Gasteiger partial charge on any atom is 0.344 e. The molecule has 0 aliphatic heterocycles. The molecule has 0 saturated heterocycles. The maximum absolute atomic E-state index is 12.4. The predicted octanol–water partition coefficient (Wildman–Crippen LogP) is 2.25. The third-order valence-electron chi connectivity index (χ3n) is 3.79. The van der Waals surface area contributed by atoms with Crippen LogP contribution in [0.5, 0.6) is 0 Å². The third-order valence-corrected chi connectivity index (χ3v) is 3.79. The van der Waals surface area contributed by atoms with Gasteiger partial charge >= 0.3 is 5.97 Å². The zero-order chi connectivity index (χ0) is 17.8. The largest absolute Gasteiger partial charge is 0.452 e. The molecule has 0 atom stereocenters. The molecule has 0 aliphatic carbocycles. The second-order valence-corrected chi connectivity index (χ2v) is 5.40. The number of anilines is 1. The van der Waals surface area contributed by atoms with E-state index >= 15 is 0 Å².